The van der Waals surface area contributed by atoms with Crippen LogP contribution in [0.1, 0.15) is 73.4 Å². The van der Waals surface area contributed by atoms with Gasteiger partial charge in [-0.05, 0) is 106 Å². The molecule has 1 fully saturated rings. The van der Waals surface area contributed by atoms with E-state index in [4.69, 9.17) is 16.3 Å². The van der Waals surface area contributed by atoms with E-state index in [1.54, 1.807) is 31.1 Å². The van der Waals surface area contributed by atoms with Crippen molar-refractivity contribution >= 4 is 40.1 Å². The fourth-order valence-corrected chi connectivity index (χ4v) is 7.30. The zero-order chi connectivity index (χ0) is 32.7. The number of nitrogens with zero attached hydrogens (tertiary/aromatic N) is 3. The number of hydrogen-bond donors (Lipinski definition) is 1. The maximum absolute atomic E-state index is 13.2. The normalized spacial score (nSPS) is 19.4. The SMILES string of the molecule is CC(C/C=C/C(C(=O)N(C)C)N1CCCC1)[C@@H](C)S(=O)NC(=O)c1ccc(OCC2CCCc3cc(Cl)ccc32)c(N(C)C)c1. The maximum atomic E-state index is 13.2. The summed E-state index contributed by atoms with van der Waals surface area (Å²) in [5.41, 5.74) is 3.79. The quantitative estimate of drug-likeness (QED) is 0.274. The van der Waals surface area contributed by atoms with Crippen LogP contribution in [0, 0.1) is 5.92 Å². The van der Waals surface area contributed by atoms with Crippen molar-refractivity contribution in [3.63, 3.8) is 0 Å². The highest BCUT2D eigenvalue weighted by atomic mass is 35.5. The molecular formula is C35H49ClN4O4S. The minimum atomic E-state index is -1.58. The number of carbonyl (C=O) groups is 2. The van der Waals surface area contributed by atoms with Gasteiger partial charge in [0.1, 0.15) is 22.8 Å². The molecule has 2 aromatic rings. The van der Waals surface area contributed by atoms with Crippen molar-refractivity contribution in [2.75, 3.05) is 52.8 Å². The molecule has 0 bridgehead atoms. The molecule has 4 unspecified atom stereocenters. The van der Waals surface area contributed by atoms with Gasteiger partial charge in [0.2, 0.25) is 5.91 Å². The number of likely N-dealkylation sites (tertiary alicyclic amines) is 1. The molecule has 1 heterocycles. The molecule has 1 aliphatic carbocycles. The van der Waals surface area contributed by atoms with E-state index in [1.807, 2.05) is 57.1 Å². The van der Waals surface area contributed by atoms with Crippen LogP contribution in [0.15, 0.2) is 48.6 Å². The lowest BCUT2D eigenvalue weighted by molar-refractivity contribution is -0.132. The summed E-state index contributed by atoms with van der Waals surface area (Å²) >= 11 is 6.22. The monoisotopic (exact) mass is 656 g/mol. The number of ether oxygens (including phenoxy) is 1. The van der Waals surface area contributed by atoms with Crippen molar-refractivity contribution in [3.05, 3.63) is 70.3 Å². The summed E-state index contributed by atoms with van der Waals surface area (Å²) in [5, 5.41) is 0.484. The lowest BCUT2D eigenvalue weighted by atomic mass is 9.83. The van der Waals surface area contributed by atoms with Crippen molar-refractivity contribution in [2.24, 2.45) is 5.92 Å². The maximum Gasteiger partial charge on any atom is 0.263 e. The number of benzene rings is 2. The third-order valence-corrected chi connectivity index (χ3v) is 10.8. The molecule has 0 saturated carbocycles. The van der Waals surface area contributed by atoms with Gasteiger partial charge in [-0.2, -0.15) is 0 Å². The summed E-state index contributed by atoms with van der Waals surface area (Å²) in [6.07, 6.45) is 10.1. The predicted octanol–water partition coefficient (Wildman–Crippen LogP) is 5.82. The van der Waals surface area contributed by atoms with Gasteiger partial charge in [0, 0.05) is 44.7 Å². The summed E-state index contributed by atoms with van der Waals surface area (Å²) in [4.78, 5) is 31.7. The van der Waals surface area contributed by atoms with Crippen molar-refractivity contribution < 1.29 is 18.5 Å². The number of carbonyl (C=O) groups excluding carboxylic acids is 2. The fraction of sp³-hybridized carbons (Fsp3) is 0.543. The number of anilines is 1. The second kappa shape index (κ2) is 16.1. The summed E-state index contributed by atoms with van der Waals surface area (Å²) in [5.74, 6) is 0.700. The first-order chi connectivity index (χ1) is 21.5. The number of nitrogens with one attached hydrogen (secondary N) is 1. The molecule has 1 saturated heterocycles. The lowest BCUT2D eigenvalue weighted by Gasteiger charge is -2.27. The number of rotatable bonds is 13. The molecule has 5 atom stereocenters. The third-order valence-electron chi connectivity index (χ3n) is 9.07. The van der Waals surface area contributed by atoms with Crippen LogP contribution in [0.25, 0.3) is 0 Å². The largest absolute Gasteiger partial charge is 0.491 e. The van der Waals surface area contributed by atoms with Crippen molar-refractivity contribution in [3.8, 4) is 5.75 Å². The van der Waals surface area contributed by atoms with Crippen molar-refractivity contribution in [1.29, 1.82) is 0 Å². The van der Waals surface area contributed by atoms with Crippen LogP contribution in [0.2, 0.25) is 5.02 Å². The molecule has 2 aromatic carbocycles. The molecule has 45 heavy (non-hydrogen) atoms. The Balaban J connectivity index is 1.35. The van der Waals surface area contributed by atoms with E-state index in [0.717, 1.165) is 55.9 Å². The second-order valence-electron chi connectivity index (χ2n) is 12.8. The molecule has 2 aliphatic rings. The first kappa shape index (κ1) is 35.0. The third kappa shape index (κ3) is 9.11. The molecule has 246 valence electrons. The molecule has 1 N–H and O–H groups in total. The summed E-state index contributed by atoms with van der Waals surface area (Å²) in [6.45, 7) is 6.29. The Morgan fingerprint density at radius 1 is 1.09 bits per heavy atom. The zero-order valence-electron chi connectivity index (χ0n) is 27.6. The van der Waals surface area contributed by atoms with Crippen LogP contribution >= 0.6 is 11.6 Å². The summed E-state index contributed by atoms with van der Waals surface area (Å²) in [7, 11) is 5.81. The highest BCUT2D eigenvalue weighted by molar-refractivity contribution is 7.84. The van der Waals surface area contributed by atoms with Crippen LogP contribution in [0.3, 0.4) is 0 Å². The number of aryl methyl sites for hydroxylation is 1. The van der Waals surface area contributed by atoms with Crippen molar-refractivity contribution in [1.82, 2.24) is 14.5 Å². The van der Waals surface area contributed by atoms with Gasteiger partial charge in [-0.1, -0.05) is 36.7 Å². The average Bonchev–Trinajstić information content (AvgIpc) is 3.55. The Hall–Kier alpha value is -2.88. The molecular weight excluding hydrogens is 608 g/mol. The number of allylic oxidation sites excluding steroid dienone is 1. The van der Waals surface area contributed by atoms with Gasteiger partial charge >= 0.3 is 0 Å². The highest BCUT2D eigenvalue weighted by Crippen LogP contribution is 2.35. The standard InChI is InChI=1S/C35H49ClN4O4S/c1-24(11-9-14-31(35(42)39(5)6)40-19-7-8-20-40)25(2)45(43)37-34(41)27-15-18-33(32(22-27)38(3)4)44-23-28-13-10-12-26-21-29(36)16-17-30(26)28/h9,14-18,21-22,24-25,28,31H,7-8,10-13,19-20,23H2,1-6H3,(H,37,41)/b14-9+/t24?,25-,28?,31?,45?/m1/s1. The summed E-state index contributed by atoms with van der Waals surface area (Å²) in [6, 6.07) is 11.2. The van der Waals surface area contributed by atoms with Gasteiger partial charge in [-0.15, -0.1) is 0 Å². The molecule has 10 heteroatoms. The van der Waals surface area contributed by atoms with Crippen LogP contribution in [0.5, 0.6) is 5.75 Å². The van der Waals surface area contributed by atoms with Gasteiger partial charge in [0.05, 0.1) is 17.5 Å². The molecule has 4 rings (SSSR count). The highest BCUT2D eigenvalue weighted by Gasteiger charge is 2.28. The molecule has 2 amide bonds. The van der Waals surface area contributed by atoms with Gasteiger partial charge in [-0.3, -0.25) is 19.2 Å². The molecule has 1 aliphatic heterocycles. The van der Waals surface area contributed by atoms with Crippen LogP contribution < -0.4 is 14.4 Å². The molecule has 0 spiro atoms. The predicted molar refractivity (Wildman–Crippen MR) is 185 cm³/mol. The van der Waals surface area contributed by atoms with Crippen LogP contribution in [0.4, 0.5) is 5.69 Å². The minimum Gasteiger partial charge on any atom is -0.491 e. The zero-order valence-corrected chi connectivity index (χ0v) is 29.1. The van der Waals surface area contributed by atoms with E-state index < -0.39 is 11.0 Å². The lowest BCUT2D eigenvalue weighted by Crippen LogP contribution is -2.44. The van der Waals surface area contributed by atoms with Gasteiger partial charge < -0.3 is 14.5 Å². The minimum absolute atomic E-state index is 0.0325. The van der Waals surface area contributed by atoms with Crippen LogP contribution in [-0.2, 0) is 22.2 Å². The number of likely N-dealkylation sites (N-methyl/N-ethyl adjacent to an activating group) is 1. The molecule has 8 nitrogen and oxygen atoms in total. The summed E-state index contributed by atoms with van der Waals surface area (Å²) < 4.78 is 22.2. The number of amides is 2. The number of hydrogen-bond acceptors (Lipinski definition) is 6. The second-order valence-corrected chi connectivity index (χ2v) is 14.8. The fourth-order valence-electron chi connectivity index (χ4n) is 6.09. The van der Waals surface area contributed by atoms with Crippen molar-refractivity contribution in [2.45, 2.75) is 69.6 Å². The van der Waals surface area contributed by atoms with Gasteiger partial charge in [0.25, 0.3) is 5.91 Å². The topological polar surface area (TPSA) is 82.2 Å². The van der Waals surface area contributed by atoms with Gasteiger partial charge in [0.15, 0.2) is 0 Å². The van der Waals surface area contributed by atoms with E-state index >= 15 is 0 Å². The van der Waals surface area contributed by atoms with Crippen LogP contribution in [-0.4, -0.2) is 85.0 Å². The number of fused-ring (bicyclic) bond motifs is 1. The number of halogens is 1. The van der Waals surface area contributed by atoms with E-state index in [-0.39, 0.29) is 34.9 Å². The first-order valence-corrected chi connectivity index (χ1v) is 17.6. The Labute approximate surface area is 276 Å². The average molecular weight is 657 g/mol. The Bertz CT molecular complexity index is 1390. The van der Waals surface area contributed by atoms with E-state index in [2.05, 4.69) is 21.8 Å². The Kier molecular flexibility index (Phi) is 12.5. The van der Waals surface area contributed by atoms with E-state index in [1.165, 1.54) is 11.1 Å². The smallest absolute Gasteiger partial charge is 0.263 e. The molecule has 0 radical (unpaired) electrons. The van der Waals surface area contributed by atoms with Gasteiger partial charge in [-0.25, -0.2) is 4.21 Å². The Morgan fingerprint density at radius 3 is 2.51 bits per heavy atom. The Morgan fingerprint density at radius 2 is 1.82 bits per heavy atom. The molecule has 0 aromatic heterocycles. The van der Waals surface area contributed by atoms with E-state index in [0.29, 0.717) is 24.3 Å². The first-order valence-electron chi connectivity index (χ1n) is 16.0. The van der Waals surface area contributed by atoms with E-state index in [9.17, 15) is 13.8 Å².